The number of amides is 2. The van der Waals surface area contributed by atoms with Crippen LogP contribution in [-0.2, 0) is 30.0 Å². The summed E-state index contributed by atoms with van der Waals surface area (Å²) in [5.41, 5.74) is 0.820. The molecule has 8 nitrogen and oxygen atoms in total. The van der Waals surface area contributed by atoms with Gasteiger partial charge in [-0.2, -0.15) is 0 Å². The van der Waals surface area contributed by atoms with Crippen molar-refractivity contribution in [3.05, 3.63) is 160 Å². The van der Waals surface area contributed by atoms with E-state index in [1.165, 1.54) is 25.3 Å². The number of carbonyl (C=O) groups is 4. The molecule has 258 valence electrons. The number of esters is 1. The molecule has 1 aliphatic heterocycles. The first-order chi connectivity index (χ1) is 25.2. The van der Waals surface area contributed by atoms with E-state index in [4.69, 9.17) is 25.8 Å². The SMILES string of the molecule is COC(=O)c1cc(N2C(=O)[C@H]3[C@H](C2=O)[C@]2(c4ccccc4)C(=O)[C@@]3(c3ccccc3)C(c3ccc(OC)cc3)=C2c2ccc(OC)cc2)ccc1Cl. The van der Waals surface area contributed by atoms with Gasteiger partial charge in [-0.3, -0.25) is 14.4 Å². The molecule has 0 N–H and O–H groups in total. The summed E-state index contributed by atoms with van der Waals surface area (Å²) in [4.78, 5) is 60.5. The second-order valence-corrected chi connectivity index (χ2v) is 13.4. The zero-order valence-electron chi connectivity index (χ0n) is 28.5. The number of rotatable bonds is 8. The van der Waals surface area contributed by atoms with Crippen LogP contribution in [0.15, 0.2) is 127 Å². The Morgan fingerprint density at radius 2 is 1.06 bits per heavy atom. The van der Waals surface area contributed by atoms with Gasteiger partial charge in [-0.25, -0.2) is 9.69 Å². The number of carbonyl (C=O) groups excluding carboxylic acids is 4. The molecule has 4 atom stereocenters. The highest BCUT2D eigenvalue weighted by molar-refractivity contribution is 6.39. The van der Waals surface area contributed by atoms with E-state index in [0.717, 1.165) is 4.90 Å². The highest BCUT2D eigenvalue weighted by Gasteiger charge is 2.82. The van der Waals surface area contributed by atoms with Crippen LogP contribution < -0.4 is 14.4 Å². The molecule has 1 saturated heterocycles. The van der Waals surface area contributed by atoms with Crippen molar-refractivity contribution in [2.24, 2.45) is 11.8 Å². The number of fused-ring (bicyclic) bond motifs is 5. The Balaban J connectivity index is 1.51. The Bertz CT molecular complexity index is 2180. The normalized spacial score (nSPS) is 23.2. The highest BCUT2D eigenvalue weighted by Crippen LogP contribution is 2.74. The van der Waals surface area contributed by atoms with E-state index in [9.17, 15) is 4.79 Å². The van der Waals surface area contributed by atoms with Crippen molar-refractivity contribution in [3.8, 4) is 11.5 Å². The fraction of sp³-hybridized carbons (Fsp3) is 0.163. The third kappa shape index (κ3) is 4.34. The first-order valence-electron chi connectivity index (χ1n) is 16.7. The monoisotopic (exact) mass is 709 g/mol. The minimum absolute atomic E-state index is 0.00453. The zero-order valence-corrected chi connectivity index (χ0v) is 29.2. The van der Waals surface area contributed by atoms with E-state index in [1.54, 1.807) is 14.2 Å². The van der Waals surface area contributed by atoms with Gasteiger partial charge in [-0.15, -0.1) is 0 Å². The summed E-state index contributed by atoms with van der Waals surface area (Å²) in [5.74, 6) is -3.12. The molecule has 8 rings (SSSR count). The number of ether oxygens (including phenoxy) is 3. The lowest BCUT2D eigenvalue weighted by Crippen LogP contribution is -2.45. The molecule has 2 fully saturated rings. The Morgan fingerprint density at radius 3 is 1.46 bits per heavy atom. The molecule has 0 radical (unpaired) electrons. The zero-order chi connectivity index (χ0) is 36.4. The predicted octanol–water partition coefficient (Wildman–Crippen LogP) is 7.33. The van der Waals surface area contributed by atoms with Crippen molar-refractivity contribution in [3.63, 3.8) is 0 Å². The van der Waals surface area contributed by atoms with Crippen LogP contribution in [0.5, 0.6) is 11.5 Å². The van der Waals surface area contributed by atoms with E-state index in [1.807, 2.05) is 109 Å². The third-order valence-corrected chi connectivity index (χ3v) is 11.2. The molecule has 0 spiro atoms. The molecule has 9 heteroatoms. The van der Waals surface area contributed by atoms with Crippen LogP contribution in [0, 0.1) is 11.8 Å². The first kappa shape index (κ1) is 33.2. The second kappa shape index (κ2) is 12.4. The standard InChI is InChI=1S/C43H32ClNO7/c1-50-30-19-14-25(15-20-30)34-35(26-16-21-31(51-2)22-17-26)43(28-12-8-5-9-13-28)37-36(42(34,41(43)49)27-10-6-4-7-11-27)38(46)45(39(37)47)29-18-23-33(44)32(24-29)40(48)52-3/h4-24,36-37H,1-3H3/t36-,37-,42-,43+/m1/s1. The van der Waals surface area contributed by atoms with Gasteiger partial charge in [0.05, 0.1) is 60.3 Å². The van der Waals surface area contributed by atoms with Crippen LogP contribution in [0.2, 0.25) is 5.02 Å². The minimum Gasteiger partial charge on any atom is -0.497 e. The average molecular weight is 710 g/mol. The Hall–Kier alpha value is -5.99. The quantitative estimate of drug-likeness (QED) is 0.123. The van der Waals surface area contributed by atoms with Gasteiger partial charge in [0.25, 0.3) is 0 Å². The van der Waals surface area contributed by atoms with Crippen LogP contribution in [-0.4, -0.2) is 44.9 Å². The van der Waals surface area contributed by atoms with Gasteiger partial charge in [0.1, 0.15) is 11.5 Å². The summed E-state index contributed by atoms with van der Waals surface area (Å²) in [6, 6.07) is 37.7. The van der Waals surface area contributed by atoms with E-state index in [2.05, 4.69) is 0 Å². The van der Waals surface area contributed by atoms with E-state index in [0.29, 0.717) is 44.9 Å². The number of hydrogen-bond acceptors (Lipinski definition) is 7. The third-order valence-electron chi connectivity index (χ3n) is 10.8. The van der Waals surface area contributed by atoms with Crippen molar-refractivity contribution in [1.82, 2.24) is 0 Å². The Morgan fingerprint density at radius 1 is 0.615 bits per heavy atom. The number of methoxy groups -OCH3 is 3. The van der Waals surface area contributed by atoms with Crippen LogP contribution in [0.4, 0.5) is 5.69 Å². The summed E-state index contributed by atoms with van der Waals surface area (Å²) < 4.78 is 16.0. The lowest BCUT2D eigenvalue weighted by molar-refractivity contribution is -0.130. The van der Waals surface area contributed by atoms with Crippen LogP contribution in [0.3, 0.4) is 0 Å². The van der Waals surface area contributed by atoms with Crippen molar-refractivity contribution < 1.29 is 33.4 Å². The van der Waals surface area contributed by atoms with Crippen LogP contribution in [0.1, 0.15) is 32.6 Å². The number of halogens is 1. The molecule has 0 unspecified atom stereocenters. The maximum atomic E-state index is 16.1. The molecule has 2 amide bonds. The summed E-state index contributed by atoms with van der Waals surface area (Å²) >= 11 is 6.38. The van der Waals surface area contributed by atoms with Gasteiger partial charge in [-0.05, 0) is 75.9 Å². The number of imide groups is 1. The molecule has 1 saturated carbocycles. The molecular weight excluding hydrogens is 678 g/mol. The first-order valence-corrected chi connectivity index (χ1v) is 17.1. The van der Waals surface area contributed by atoms with Crippen molar-refractivity contribution in [1.29, 1.82) is 0 Å². The van der Waals surface area contributed by atoms with Gasteiger partial charge in [-0.1, -0.05) is 96.5 Å². The summed E-state index contributed by atoms with van der Waals surface area (Å²) in [6.07, 6.45) is 0. The molecular formula is C43H32ClNO7. The minimum atomic E-state index is -1.61. The van der Waals surface area contributed by atoms with Gasteiger partial charge >= 0.3 is 5.97 Å². The van der Waals surface area contributed by atoms with Gasteiger partial charge < -0.3 is 14.2 Å². The van der Waals surface area contributed by atoms with Crippen LogP contribution in [0.25, 0.3) is 11.1 Å². The van der Waals surface area contributed by atoms with Gasteiger partial charge in [0.15, 0.2) is 5.78 Å². The smallest absolute Gasteiger partial charge is 0.339 e. The fourth-order valence-corrected chi connectivity index (χ4v) is 9.01. The molecule has 2 aliphatic carbocycles. The molecule has 0 aromatic heterocycles. The average Bonchev–Trinajstić information content (AvgIpc) is 3.70. The lowest BCUT2D eigenvalue weighted by Gasteiger charge is -2.39. The molecule has 5 aromatic rings. The van der Waals surface area contributed by atoms with Crippen molar-refractivity contribution >= 4 is 52.0 Å². The number of allylic oxidation sites excluding steroid dienone is 2. The molecule has 1 heterocycles. The molecule has 5 aromatic carbocycles. The number of ketones is 1. The maximum Gasteiger partial charge on any atom is 0.339 e. The van der Waals surface area contributed by atoms with E-state index >= 15 is 14.4 Å². The molecule has 52 heavy (non-hydrogen) atoms. The maximum absolute atomic E-state index is 16.1. The van der Waals surface area contributed by atoms with Crippen molar-refractivity contribution in [2.45, 2.75) is 10.8 Å². The Kier molecular flexibility index (Phi) is 7.88. The van der Waals surface area contributed by atoms with Gasteiger partial charge in [0.2, 0.25) is 11.8 Å². The number of hydrogen-bond donors (Lipinski definition) is 0. The van der Waals surface area contributed by atoms with Gasteiger partial charge in [0, 0.05) is 0 Å². The fourth-order valence-electron chi connectivity index (χ4n) is 8.81. The largest absolute Gasteiger partial charge is 0.497 e. The predicted molar refractivity (Wildman–Crippen MR) is 196 cm³/mol. The van der Waals surface area contributed by atoms with E-state index in [-0.39, 0.29) is 22.1 Å². The summed E-state index contributed by atoms with van der Waals surface area (Å²) in [6.45, 7) is 0. The summed E-state index contributed by atoms with van der Waals surface area (Å²) in [7, 11) is 4.39. The second-order valence-electron chi connectivity index (χ2n) is 13.0. The summed E-state index contributed by atoms with van der Waals surface area (Å²) in [5, 5.41) is 0.108. The number of nitrogens with zero attached hydrogens (tertiary/aromatic N) is 1. The lowest BCUT2D eigenvalue weighted by atomic mass is 9.59. The Labute approximate surface area is 305 Å². The number of Topliss-reactive ketones (excluding diaryl/α,β-unsaturated/α-hetero) is 1. The number of benzene rings is 5. The van der Waals surface area contributed by atoms with Crippen LogP contribution >= 0.6 is 11.6 Å². The number of anilines is 1. The highest BCUT2D eigenvalue weighted by atomic mass is 35.5. The topological polar surface area (TPSA) is 99.2 Å². The van der Waals surface area contributed by atoms with E-state index < -0.39 is 40.4 Å². The molecule has 2 bridgehead atoms. The van der Waals surface area contributed by atoms with Crippen molar-refractivity contribution in [2.75, 3.05) is 26.2 Å². The molecule has 3 aliphatic rings.